The van der Waals surface area contributed by atoms with Gasteiger partial charge in [0.1, 0.15) is 0 Å². The molecule has 18 heavy (non-hydrogen) atoms. The fourth-order valence-corrected chi connectivity index (χ4v) is 3.13. The molecule has 0 N–H and O–H groups in total. The molecule has 0 aliphatic carbocycles. The van der Waals surface area contributed by atoms with E-state index in [1.165, 1.54) is 25.9 Å². The first-order valence-electron chi connectivity index (χ1n) is 7.54. The zero-order chi connectivity index (χ0) is 13.2. The average molecular weight is 254 g/mol. The van der Waals surface area contributed by atoms with Crippen LogP contribution in [0.3, 0.4) is 0 Å². The first kappa shape index (κ1) is 14.3. The van der Waals surface area contributed by atoms with Gasteiger partial charge in [0, 0.05) is 25.2 Å². The van der Waals surface area contributed by atoms with Crippen LogP contribution in [0.5, 0.6) is 0 Å². The predicted octanol–water partition coefficient (Wildman–Crippen LogP) is 2.22. The second-order valence-corrected chi connectivity index (χ2v) is 6.96. The van der Waals surface area contributed by atoms with Crippen LogP contribution in [0.15, 0.2) is 0 Å². The molecule has 106 valence electrons. The summed E-state index contributed by atoms with van der Waals surface area (Å²) in [6.07, 6.45) is 2.67. The lowest BCUT2D eigenvalue weighted by Gasteiger charge is -2.45. The van der Waals surface area contributed by atoms with Gasteiger partial charge in [-0.1, -0.05) is 20.8 Å². The average Bonchev–Trinajstić information content (AvgIpc) is 2.38. The lowest BCUT2D eigenvalue weighted by molar-refractivity contribution is -0.00902. The molecule has 2 aliphatic heterocycles. The number of hydrogen-bond donors (Lipinski definition) is 0. The van der Waals surface area contributed by atoms with Gasteiger partial charge in [0.25, 0.3) is 0 Å². The minimum atomic E-state index is 0.395. The maximum absolute atomic E-state index is 5.44. The first-order chi connectivity index (χ1) is 8.48. The molecule has 0 saturated carbocycles. The summed E-state index contributed by atoms with van der Waals surface area (Å²) in [5, 5.41) is 0. The highest BCUT2D eigenvalue weighted by Gasteiger charge is 2.31. The van der Waals surface area contributed by atoms with Crippen LogP contribution in [0, 0.1) is 5.41 Å². The van der Waals surface area contributed by atoms with E-state index in [0.717, 1.165) is 32.3 Å². The summed E-state index contributed by atoms with van der Waals surface area (Å²) in [6, 6.07) is 1.49. The lowest BCUT2D eigenvalue weighted by atomic mass is 9.85. The van der Waals surface area contributed by atoms with Gasteiger partial charge < -0.3 is 9.64 Å². The van der Waals surface area contributed by atoms with Crippen LogP contribution in [0.4, 0.5) is 0 Å². The Morgan fingerprint density at radius 3 is 2.06 bits per heavy atom. The van der Waals surface area contributed by atoms with Gasteiger partial charge in [0.15, 0.2) is 0 Å². The van der Waals surface area contributed by atoms with Crippen LogP contribution in [0.2, 0.25) is 0 Å². The van der Waals surface area contributed by atoms with E-state index in [1.807, 2.05) is 0 Å². The molecule has 0 spiro atoms. The van der Waals surface area contributed by atoms with Crippen LogP contribution < -0.4 is 0 Å². The zero-order valence-corrected chi connectivity index (χ0v) is 12.6. The maximum Gasteiger partial charge on any atom is 0.0594 e. The Hall–Kier alpha value is -0.120. The molecule has 2 heterocycles. The van der Waals surface area contributed by atoms with Gasteiger partial charge >= 0.3 is 0 Å². The van der Waals surface area contributed by atoms with E-state index in [-0.39, 0.29) is 0 Å². The van der Waals surface area contributed by atoms with Crippen LogP contribution in [-0.4, -0.2) is 61.3 Å². The molecule has 1 unspecified atom stereocenters. The van der Waals surface area contributed by atoms with Crippen molar-refractivity contribution in [1.29, 1.82) is 0 Å². The van der Waals surface area contributed by atoms with E-state index >= 15 is 0 Å². The third kappa shape index (κ3) is 3.46. The smallest absolute Gasteiger partial charge is 0.0594 e. The zero-order valence-electron chi connectivity index (χ0n) is 12.6. The topological polar surface area (TPSA) is 15.7 Å². The molecular formula is C15H30N2O. The Bertz CT molecular complexity index is 248. The molecule has 2 fully saturated rings. The summed E-state index contributed by atoms with van der Waals surface area (Å²) in [5.74, 6) is 0. The highest BCUT2D eigenvalue weighted by molar-refractivity contribution is 4.86. The number of nitrogens with zero attached hydrogens (tertiary/aromatic N) is 2. The molecule has 3 heteroatoms. The second-order valence-electron chi connectivity index (χ2n) is 6.96. The van der Waals surface area contributed by atoms with E-state index < -0.39 is 0 Å². The number of rotatable bonds is 2. The van der Waals surface area contributed by atoms with Crippen molar-refractivity contribution in [2.45, 2.75) is 52.6 Å². The van der Waals surface area contributed by atoms with E-state index in [9.17, 15) is 0 Å². The van der Waals surface area contributed by atoms with Gasteiger partial charge in [0.05, 0.1) is 13.2 Å². The lowest BCUT2D eigenvalue weighted by Crippen LogP contribution is -2.52. The SMILES string of the molecule is CC(N1CCC(N2CCOCC2)CC1)C(C)(C)C. The molecule has 1 atom stereocenters. The van der Waals surface area contributed by atoms with Crippen LogP contribution >= 0.6 is 0 Å². The normalized spacial score (nSPS) is 27.3. The number of morpholine rings is 1. The molecule has 0 bridgehead atoms. The van der Waals surface area contributed by atoms with E-state index in [1.54, 1.807) is 0 Å². The summed E-state index contributed by atoms with van der Waals surface area (Å²) in [5.41, 5.74) is 0.395. The van der Waals surface area contributed by atoms with Crippen molar-refractivity contribution in [2.24, 2.45) is 5.41 Å². The van der Waals surface area contributed by atoms with Gasteiger partial charge in [-0.3, -0.25) is 4.90 Å². The Kier molecular flexibility index (Phi) is 4.68. The Morgan fingerprint density at radius 2 is 1.56 bits per heavy atom. The quantitative estimate of drug-likeness (QED) is 0.751. The van der Waals surface area contributed by atoms with Crippen molar-refractivity contribution < 1.29 is 4.74 Å². The number of ether oxygens (including phenoxy) is 1. The summed E-state index contributed by atoms with van der Waals surface area (Å²) < 4.78 is 5.44. The fraction of sp³-hybridized carbons (Fsp3) is 1.00. The third-order valence-corrected chi connectivity index (χ3v) is 4.86. The van der Waals surface area contributed by atoms with Crippen molar-refractivity contribution in [3.05, 3.63) is 0 Å². The summed E-state index contributed by atoms with van der Waals surface area (Å²) in [6.45, 7) is 16.1. The highest BCUT2D eigenvalue weighted by Crippen LogP contribution is 2.27. The molecule has 0 aromatic rings. The number of piperidine rings is 1. The van der Waals surface area contributed by atoms with Crippen LogP contribution in [0.1, 0.15) is 40.5 Å². The molecular weight excluding hydrogens is 224 g/mol. The molecule has 2 saturated heterocycles. The van der Waals surface area contributed by atoms with Crippen molar-refractivity contribution in [3.8, 4) is 0 Å². The van der Waals surface area contributed by atoms with E-state index in [2.05, 4.69) is 37.5 Å². The Morgan fingerprint density at radius 1 is 1.00 bits per heavy atom. The number of hydrogen-bond acceptors (Lipinski definition) is 3. The summed E-state index contributed by atoms with van der Waals surface area (Å²) >= 11 is 0. The molecule has 0 aromatic carbocycles. The minimum absolute atomic E-state index is 0.395. The molecule has 2 rings (SSSR count). The standard InChI is InChI=1S/C15H30N2O/c1-13(15(2,3)4)16-7-5-14(6-8-16)17-9-11-18-12-10-17/h13-14H,5-12H2,1-4H3. The largest absolute Gasteiger partial charge is 0.379 e. The van der Waals surface area contributed by atoms with Gasteiger partial charge in [-0.25, -0.2) is 0 Å². The highest BCUT2D eigenvalue weighted by atomic mass is 16.5. The fourth-order valence-electron chi connectivity index (χ4n) is 3.13. The van der Waals surface area contributed by atoms with E-state index in [4.69, 9.17) is 4.74 Å². The Balaban J connectivity index is 1.80. The van der Waals surface area contributed by atoms with Crippen molar-refractivity contribution in [3.63, 3.8) is 0 Å². The van der Waals surface area contributed by atoms with Crippen molar-refractivity contribution in [1.82, 2.24) is 9.80 Å². The summed E-state index contributed by atoms with van der Waals surface area (Å²) in [7, 11) is 0. The molecule has 0 aromatic heterocycles. The predicted molar refractivity (Wildman–Crippen MR) is 75.9 cm³/mol. The monoisotopic (exact) mass is 254 g/mol. The molecule has 2 aliphatic rings. The summed E-state index contributed by atoms with van der Waals surface area (Å²) in [4.78, 5) is 5.32. The van der Waals surface area contributed by atoms with Gasteiger partial charge in [-0.2, -0.15) is 0 Å². The molecule has 0 amide bonds. The molecule has 3 nitrogen and oxygen atoms in total. The second kappa shape index (κ2) is 5.89. The molecule has 0 radical (unpaired) electrons. The van der Waals surface area contributed by atoms with Crippen molar-refractivity contribution in [2.75, 3.05) is 39.4 Å². The Labute approximate surface area is 112 Å². The maximum atomic E-state index is 5.44. The third-order valence-electron chi connectivity index (χ3n) is 4.86. The van der Waals surface area contributed by atoms with Gasteiger partial charge in [-0.15, -0.1) is 0 Å². The van der Waals surface area contributed by atoms with Gasteiger partial charge in [-0.05, 0) is 38.3 Å². The number of likely N-dealkylation sites (tertiary alicyclic amines) is 1. The van der Waals surface area contributed by atoms with Gasteiger partial charge in [0.2, 0.25) is 0 Å². The van der Waals surface area contributed by atoms with Crippen LogP contribution in [0.25, 0.3) is 0 Å². The van der Waals surface area contributed by atoms with E-state index in [0.29, 0.717) is 11.5 Å². The van der Waals surface area contributed by atoms with Crippen LogP contribution in [-0.2, 0) is 4.74 Å². The minimum Gasteiger partial charge on any atom is -0.379 e. The van der Waals surface area contributed by atoms with Crippen molar-refractivity contribution >= 4 is 0 Å². The first-order valence-corrected chi connectivity index (χ1v) is 7.54.